The van der Waals surface area contributed by atoms with Crippen LogP contribution in [0.25, 0.3) is 11.0 Å². The number of hydrogen-bond acceptors (Lipinski definition) is 5. The van der Waals surface area contributed by atoms with Gasteiger partial charge in [-0.2, -0.15) is 5.10 Å². The van der Waals surface area contributed by atoms with Crippen LogP contribution in [0.1, 0.15) is 31.7 Å². The lowest BCUT2D eigenvalue weighted by molar-refractivity contribution is -0.111. The zero-order chi connectivity index (χ0) is 20.8. The molecule has 150 valence electrons. The smallest absolute Gasteiger partial charge is 0.246 e. The molecule has 2 aliphatic rings. The van der Waals surface area contributed by atoms with Crippen molar-refractivity contribution < 1.29 is 18.3 Å². The number of pyridine rings is 1. The van der Waals surface area contributed by atoms with Crippen LogP contribution in [0.3, 0.4) is 0 Å². The van der Waals surface area contributed by atoms with Crippen molar-refractivity contribution in [1.82, 2.24) is 9.61 Å². The number of hydrogen-bond donors (Lipinski definition) is 1. The summed E-state index contributed by atoms with van der Waals surface area (Å²) in [5, 5.41) is 3.84. The first-order chi connectivity index (χ1) is 13.8. The van der Waals surface area contributed by atoms with Gasteiger partial charge in [0.05, 0.1) is 30.7 Å². The van der Waals surface area contributed by atoms with E-state index < -0.39 is 22.9 Å². The van der Waals surface area contributed by atoms with E-state index >= 15 is 0 Å². The lowest BCUT2D eigenvalue weighted by Crippen LogP contribution is -2.48. The first-order valence-electron chi connectivity index (χ1n) is 9.56. The summed E-state index contributed by atoms with van der Waals surface area (Å²) in [7, 11) is 4.59. The third kappa shape index (κ3) is 3.84. The van der Waals surface area contributed by atoms with E-state index in [1.807, 2.05) is 26.3 Å². The van der Waals surface area contributed by atoms with E-state index in [-0.39, 0.29) is 12.1 Å². The van der Waals surface area contributed by atoms with Gasteiger partial charge in [0.1, 0.15) is 5.75 Å². The first-order valence-corrected chi connectivity index (χ1v) is 10.4. The Morgan fingerprint density at radius 3 is 3.00 bits per heavy atom. The standard InChI is InChI=1S/C19H21B2F2N3O2S/c1-10-15(12-8-25-26-9-11(28-2)5-6-14(12)26)20-18(29-10)17(27)21-16-13(24)4-3-7-19(16,22)23/h5-6,8-9,13,16,18H,3-4,7,24H2,1-2H3. The second-order valence-electron chi connectivity index (χ2n) is 7.54. The number of nitrogens with zero attached hydrogens (tertiary/aromatic N) is 2. The molecule has 3 unspecified atom stereocenters. The Morgan fingerprint density at radius 2 is 2.28 bits per heavy atom. The Kier molecular flexibility index (Phi) is 5.50. The van der Waals surface area contributed by atoms with Crippen molar-refractivity contribution >= 4 is 43.0 Å². The van der Waals surface area contributed by atoms with Gasteiger partial charge in [-0.25, -0.2) is 13.3 Å². The third-order valence-electron chi connectivity index (χ3n) is 5.64. The fraction of sp³-hybridized carbons (Fsp3) is 0.474. The topological polar surface area (TPSA) is 69.6 Å². The van der Waals surface area contributed by atoms with E-state index in [0.29, 0.717) is 18.6 Å². The minimum absolute atomic E-state index is 0.217. The molecule has 2 radical (unpaired) electrons. The SMILES string of the molecule is COc1ccc2c(C3=C(C)SC(C(=O)[B]C4C(N)CCCC4(F)F)[B]3)cnn2c1. The molecule has 2 aromatic heterocycles. The summed E-state index contributed by atoms with van der Waals surface area (Å²) in [6.45, 7) is 1.93. The second-order valence-corrected chi connectivity index (χ2v) is 8.90. The third-order valence-corrected chi connectivity index (χ3v) is 6.83. The van der Waals surface area contributed by atoms with Crippen LogP contribution in [-0.4, -0.2) is 54.1 Å². The average Bonchev–Trinajstić information content (AvgIpc) is 3.27. The summed E-state index contributed by atoms with van der Waals surface area (Å²) in [6.07, 6.45) is 4.21. The van der Waals surface area contributed by atoms with Crippen molar-refractivity contribution in [3.63, 3.8) is 0 Å². The van der Waals surface area contributed by atoms with Crippen LogP contribution < -0.4 is 10.5 Å². The number of thioether (sulfide) groups is 1. The van der Waals surface area contributed by atoms with Crippen molar-refractivity contribution in [2.75, 3.05) is 7.11 Å². The maximum Gasteiger partial charge on any atom is 0.246 e. The highest BCUT2D eigenvalue weighted by molar-refractivity contribution is 8.07. The zero-order valence-corrected chi connectivity index (χ0v) is 17.1. The molecular formula is C19H21B2F2N3O2S. The largest absolute Gasteiger partial charge is 0.495 e. The van der Waals surface area contributed by atoms with E-state index in [1.165, 1.54) is 11.8 Å². The molecule has 2 N–H and O–H groups in total. The molecule has 3 atom stereocenters. The molecule has 0 spiro atoms. The second kappa shape index (κ2) is 7.79. The Balaban J connectivity index is 1.51. The number of alkyl halides is 2. The quantitative estimate of drug-likeness (QED) is 0.761. The molecule has 3 heterocycles. The van der Waals surface area contributed by atoms with Gasteiger partial charge in [0.25, 0.3) is 0 Å². The number of aromatic nitrogens is 2. The molecule has 1 aliphatic heterocycles. The van der Waals surface area contributed by atoms with Crippen molar-refractivity contribution in [2.45, 2.75) is 49.1 Å². The van der Waals surface area contributed by atoms with Crippen LogP contribution in [0, 0.1) is 0 Å². The zero-order valence-electron chi connectivity index (χ0n) is 16.3. The molecule has 0 aromatic carbocycles. The molecule has 1 fully saturated rings. The predicted molar refractivity (Wildman–Crippen MR) is 113 cm³/mol. The number of nitrogens with two attached hydrogens (primary N) is 1. The molecule has 5 nitrogen and oxygen atoms in total. The van der Waals surface area contributed by atoms with Gasteiger partial charge in [-0.05, 0) is 36.8 Å². The summed E-state index contributed by atoms with van der Waals surface area (Å²) in [5.41, 5.74) is 8.28. The molecule has 0 bridgehead atoms. The highest BCUT2D eigenvalue weighted by Crippen LogP contribution is 2.43. The number of carbonyl (C=O) groups is 1. The maximum atomic E-state index is 14.3. The van der Waals surface area contributed by atoms with Crippen molar-refractivity contribution in [1.29, 1.82) is 0 Å². The Labute approximate surface area is 173 Å². The normalized spacial score (nSPS) is 26.4. The van der Waals surface area contributed by atoms with Crippen molar-refractivity contribution in [2.24, 2.45) is 5.73 Å². The predicted octanol–water partition coefficient (Wildman–Crippen LogP) is 2.97. The van der Waals surface area contributed by atoms with E-state index in [2.05, 4.69) is 5.10 Å². The molecule has 0 saturated heterocycles. The summed E-state index contributed by atoms with van der Waals surface area (Å²) < 4.78 is 35.5. The molecule has 1 aliphatic carbocycles. The van der Waals surface area contributed by atoms with Gasteiger partial charge in [-0.3, -0.25) is 0 Å². The van der Waals surface area contributed by atoms with Crippen molar-refractivity contribution in [3.05, 3.63) is 35.0 Å². The van der Waals surface area contributed by atoms with Gasteiger partial charge in [0.15, 0.2) is 7.28 Å². The molecule has 29 heavy (non-hydrogen) atoms. The number of allylic oxidation sites excluding steroid dienone is 1. The summed E-state index contributed by atoms with van der Waals surface area (Å²) in [5.74, 6) is -3.44. The van der Waals surface area contributed by atoms with Crippen LogP contribution in [0.4, 0.5) is 8.78 Å². The van der Waals surface area contributed by atoms with E-state index in [0.717, 1.165) is 28.7 Å². The Hall–Kier alpha value is -1.80. The Bertz CT molecular complexity index is 982. The van der Waals surface area contributed by atoms with E-state index in [1.54, 1.807) is 24.0 Å². The molecule has 0 amide bonds. The van der Waals surface area contributed by atoms with Crippen LogP contribution >= 0.6 is 11.8 Å². The summed E-state index contributed by atoms with van der Waals surface area (Å²) >= 11 is 1.38. The van der Waals surface area contributed by atoms with Crippen LogP contribution in [-0.2, 0) is 4.79 Å². The van der Waals surface area contributed by atoms with Crippen LogP contribution in [0.5, 0.6) is 5.75 Å². The number of rotatable bonds is 5. The monoisotopic (exact) mass is 415 g/mol. The van der Waals surface area contributed by atoms with Gasteiger partial charge in [0, 0.05) is 29.0 Å². The maximum absolute atomic E-state index is 14.3. The highest BCUT2D eigenvalue weighted by atomic mass is 32.2. The first kappa shape index (κ1) is 20.5. The molecular weight excluding hydrogens is 394 g/mol. The average molecular weight is 415 g/mol. The number of carbonyl (C=O) groups excluding carboxylic acids is 1. The highest BCUT2D eigenvalue weighted by Gasteiger charge is 2.48. The lowest BCUT2D eigenvalue weighted by Gasteiger charge is -2.35. The summed E-state index contributed by atoms with van der Waals surface area (Å²) in [6, 6.07) is 3.07. The fourth-order valence-electron chi connectivity index (χ4n) is 4.02. The molecule has 4 rings (SSSR count). The summed E-state index contributed by atoms with van der Waals surface area (Å²) in [4.78, 5) is 13.8. The van der Waals surface area contributed by atoms with Gasteiger partial charge in [-0.1, -0.05) is 5.47 Å². The number of ether oxygens (including phenoxy) is 1. The Morgan fingerprint density at radius 1 is 1.48 bits per heavy atom. The molecule has 1 saturated carbocycles. The van der Waals surface area contributed by atoms with E-state index in [4.69, 9.17) is 10.5 Å². The van der Waals surface area contributed by atoms with Gasteiger partial charge in [-0.15, -0.1) is 11.8 Å². The van der Waals surface area contributed by atoms with Crippen LogP contribution in [0.15, 0.2) is 29.4 Å². The lowest BCUT2D eigenvalue weighted by atomic mass is 9.48. The number of methoxy groups -OCH3 is 1. The molecule has 10 heteroatoms. The van der Waals surface area contributed by atoms with Gasteiger partial charge in [0.2, 0.25) is 13.2 Å². The number of halogens is 2. The van der Waals surface area contributed by atoms with Crippen LogP contribution in [0.2, 0.25) is 5.82 Å². The number of fused-ring (bicyclic) bond motifs is 1. The van der Waals surface area contributed by atoms with E-state index in [9.17, 15) is 13.6 Å². The van der Waals surface area contributed by atoms with Crippen molar-refractivity contribution in [3.8, 4) is 5.75 Å². The fourth-order valence-corrected chi connectivity index (χ4v) is 5.10. The minimum Gasteiger partial charge on any atom is -0.495 e. The van der Waals surface area contributed by atoms with Gasteiger partial charge < -0.3 is 15.3 Å². The minimum atomic E-state index is -2.93. The van der Waals surface area contributed by atoms with Gasteiger partial charge >= 0.3 is 0 Å². The molecule has 2 aromatic rings.